The Morgan fingerprint density at radius 1 is 1.08 bits per heavy atom. The van der Waals surface area contributed by atoms with E-state index in [-0.39, 0.29) is 18.6 Å². The largest absolute Gasteiger partial charge is 0.510 e. The van der Waals surface area contributed by atoms with Gasteiger partial charge in [-0.2, -0.15) is 0 Å². The Morgan fingerprint density at radius 2 is 1.81 bits per heavy atom. The number of para-hydroxylation sites is 1. The van der Waals surface area contributed by atoms with Crippen LogP contribution >= 0.6 is 0 Å². The Labute approximate surface area is 210 Å². The number of carbonyl (C=O) groups excluding carboxylic acids is 3. The summed E-state index contributed by atoms with van der Waals surface area (Å²) >= 11 is 0. The maximum absolute atomic E-state index is 12.6. The normalized spacial score (nSPS) is 16.7. The molecule has 9 heteroatoms. The summed E-state index contributed by atoms with van der Waals surface area (Å²) in [7, 11) is 1.19. The zero-order valence-electron chi connectivity index (χ0n) is 20.9. The number of aryl methyl sites for hydroxylation is 1. The van der Waals surface area contributed by atoms with Crippen molar-refractivity contribution in [2.75, 3.05) is 13.7 Å². The molecule has 1 aliphatic rings. The number of amides is 1. The van der Waals surface area contributed by atoms with E-state index in [0.29, 0.717) is 29.9 Å². The average molecular weight is 498 g/mol. The molecular weight excluding hydrogens is 466 g/mol. The summed E-state index contributed by atoms with van der Waals surface area (Å²) in [4.78, 5) is 37.3. The van der Waals surface area contributed by atoms with E-state index in [1.54, 1.807) is 51.1 Å². The van der Waals surface area contributed by atoms with E-state index in [1.165, 1.54) is 13.2 Å². The number of carbonyl (C=O) groups is 3. The lowest BCUT2D eigenvalue weighted by Crippen LogP contribution is -2.56. The Bertz CT molecular complexity index is 1140. The van der Waals surface area contributed by atoms with E-state index in [0.717, 1.165) is 5.56 Å². The molecule has 0 bridgehead atoms. The summed E-state index contributed by atoms with van der Waals surface area (Å²) in [5.74, 6) is 0.190. The molecule has 3 rings (SSSR count). The molecule has 2 aromatic carbocycles. The summed E-state index contributed by atoms with van der Waals surface area (Å²) in [6.45, 7) is 8.83. The first-order valence-electron chi connectivity index (χ1n) is 11.5. The zero-order valence-corrected chi connectivity index (χ0v) is 20.9. The molecule has 0 spiro atoms. The number of alkyl carbamates (subject to hydrolysis) is 1. The molecule has 1 N–H and O–H groups in total. The fourth-order valence-electron chi connectivity index (χ4n) is 3.82. The number of esters is 1. The van der Waals surface area contributed by atoms with E-state index < -0.39 is 29.5 Å². The van der Waals surface area contributed by atoms with Gasteiger partial charge in [0.15, 0.2) is 5.72 Å². The van der Waals surface area contributed by atoms with Crippen molar-refractivity contribution in [3.8, 4) is 11.5 Å². The van der Waals surface area contributed by atoms with Crippen molar-refractivity contribution in [3.63, 3.8) is 0 Å². The van der Waals surface area contributed by atoms with Crippen molar-refractivity contribution in [2.45, 2.75) is 51.4 Å². The van der Waals surface area contributed by atoms with Gasteiger partial charge in [-0.3, -0.25) is 5.32 Å². The van der Waals surface area contributed by atoms with Crippen molar-refractivity contribution < 1.29 is 38.1 Å². The highest BCUT2D eigenvalue weighted by Crippen LogP contribution is 2.38. The number of nitrogens with one attached hydrogen (secondary N) is 1. The van der Waals surface area contributed by atoms with Gasteiger partial charge in [0, 0.05) is 18.4 Å². The first kappa shape index (κ1) is 26.6. The number of rotatable bonds is 7. The van der Waals surface area contributed by atoms with E-state index >= 15 is 0 Å². The minimum atomic E-state index is -1.43. The molecule has 192 valence electrons. The van der Waals surface area contributed by atoms with Crippen LogP contribution in [0.15, 0.2) is 55.1 Å². The third kappa shape index (κ3) is 6.78. The summed E-state index contributed by atoms with van der Waals surface area (Å²) in [5, 5.41) is 2.72. The van der Waals surface area contributed by atoms with Crippen molar-refractivity contribution in [2.24, 2.45) is 0 Å². The standard InChI is InChI=1S/C27H31NO8/c1-6-16-33-23(29)19-11-7-8-12-21(19)34-22-13-9-10-18-14-15-27(17-20(18)22,36-25(31)32-5)28-24(30)35-26(2,3)4/h6-13H,1,14-17H2,2-5H3,(H,28,30)/t27-/m0/s1. The summed E-state index contributed by atoms with van der Waals surface area (Å²) in [6, 6.07) is 12.2. The second-order valence-electron chi connectivity index (χ2n) is 9.23. The molecular formula is C27H31NO8. The van der Waals surface area contributed by atoms with Crippen LogP contribution in [-0.4, -0.2) is 43.3 Å². The van der Waals surface area contributed by atoms with Gasteiger partial charge in [0.05, 0.1) is 7.11 Å². The second kappa shape index (κ2) is 11.2. The molecule has 0 fully saturated rings. The van der Waals surface area contributed by atoms with Gasteiger partial charge in [0.2, 0.25) is 0 Å². The molecule has 1 atom stereocenters. The molecule has 0 heterocycles. The van der Waals surface area contributed by atoms with Crippen LogP contribution in [0.1, 0.15) is 48.7 Å². The van der Waals surface area contributed by atoms with E-state index in [9.17, 15) is 14.4 Å². The van der Waals surface area contributed by atoms with Crippen LogP contribution in [0.3, 0.4) is 0 Å². The van der Waals surface area contributed by atoms with Gasteiger partial charge >= 0.3 is 18.2 Å². The van der Waals surface area contributed by atoms with Crippen LogP contribution in [0.2, 0.25) is 0 Å². The predicted octanol–water partition coefficient (Wildman–Crippen LogP) is 5.31. The summed E-state index contributed by atoms with van der Waals surface area (Å²) in [5.41, 5.74) is -0.269. The van der Waals surface area contributed by atoms with Crippen LogP contribution in [0.4, 0.5) is 9.59 Å². The molecule has 0 saturated carbocycles. The molecule has 1 amide bonds. The van der Waals surface area contributed by atoms with Gasteiger partial charge < -0.3 is 23.7 Å². The van der Waals surface area contributed by atoms with Crippen molar-refractivity contribution in [1.29, 1.82) is 0 Å². The third-order valence-corrected chi connectivity index (χ3v) is 5.32. The second-order valence-corrected chi connectivity index (χ2v) is 9.23. The van der Waals surface area contributed by atoms with Gasteiger partial charge in [0.1, 0.15) is 29.3 Å². The lowest BCUT2D eigenvalue weighted by atomic mass is 9.85. The Morgan fingerprint density at radius 3 is 2.50 bits per heavy atom. The third-order valence-electron chi connectivity index (χ3n) is 5.32. The number of benzene rings is 2. The molecule has 1 aliphatic carbocycles. The van der Waals surface area contributed by atoms with E-state index in [4.69, 9.17) is 23.7 Å². The topological polar surface area (TPSA) is 109 Å². The fourth-order valence-corrected chi connectivity index (χ4v) is 3.82. The summed E-state index contributed by atoms with van der Waals surface area (Å²) in [6.07, 6.45) is 0.667. The summed E-state index contributed by atoms with van der Waals surface area (Å²) < 4.78 is 27.0. The van der Waals surface area contributed by atoms with Crippen LogP contribution in [0.25, 0.3) is 0 Å². The van der Waals surface area contributed by atoms with Crippen molar-refractivity contribution in [3.05, 3.63) is 71.8 Å². The maximum Gasteiger partial charge on any atom is 0.510 e. The fraction of sp³-hybridized carbons (Fsp3) is 0.370. The van der Waals surface area contributed by atoms with E-state index in [1.807, 2.05) is 12.1 Å². The predicted molar refractivity (Wildman–Crippen MR) is 131 cm³/mol. The molecule has 0 saturated heterocycles. The molecule has 0 unspecified atom stereocenters. The van der Waals surface area contributed by atoms with Crippen LogP contribution in [-0.2, 0) is 31.8 Å². The minimum Gasteiger partial charge on any atom is -0.458 e. The van der Waals surface area contributed by atoms with Crippen LogP contribution in [0, 0.1) is 0 Å². The van der Waals surface area contributed by atoms with Crippen LogP contribution in [0.5, 0.6) is 11.5 Å². The smallest absolute Gasteiger partial charge is 0.458 e. The quantitative estimate of drug-likeness (QED) is 0.237. The SMILES string of the molecule is C=CCOC(=O)c1ccccc1Oc1cccc2c1C[C@@](NC(=O)OC(C)(C)C)(OC(=O)OC)CC2. The molecule has 36 heavy (non-hydrogen) atoms. The Balaban J connectivity index is 1.94. The first-order chi connectivity index (χ1) is 17.1. The number of ether oxygens (including phenoxy) is 5. The molecule has 0 aromatic heterocycles. The monoisotopic (exact) mass is 497 g/mol. The van der Waals surface area contributed by atoms with Crippen molar-refractivity contribution >= 4 is 18.2 Å². The number of methoxy groups -OCH3 is 1. The number of fused-ring (bicyclic) bond motifs is 1. The maximum atomic E-state index is 12.6. The number of hydrogen-bond donors (Lipinski definition) is 1. The highest BCUT2D eigenvalue weighted by molar-refractivity contribution is 5.92. The zero-order chi connectivity index (χ0) is 26.3. The highest BCUT2D eigenvalue weighted by atomic mass is 16.7. The Hall–Kier alpha value is -4.01. The van der Waals surface area contributed by atoms with Gasteiger partial charge in [-0.1, -0.05) is 36.9 Å². The molecule has 0 aliphatic heterocycles. The van der Waals surface area contributed by atoms with Crippen molar-refractivity contribution in [1.82, 2.24) is 5.32 Å². The van der Waals surface area contributed by atoms with Gasteiger partial charge in [-0.15, -0.1) is 0 Å². The minimum absolute atomic E-state index is 0.0671. The van der Waals surface area contributed by atoms with Gasteiger partial charge in [-0.05, 0) is 51.0 Å². The lowest BCUT2D eigenvalue weighted by molar-refractivity contribution is -0.0600. The van der Waals surface area contributed by atoms with Gasteiger partial charge in [-0.25, -0.2) is 14.4 Å². The van der Waals surface area contributed by atoms with Gasteiger partial charge in [0.25, 0.3) is 0 Å². The molecule has 2 aromatic rings. The highest BCUT2D eigenvalue weighted by Gasteiger charge is 2.42. The lowest BCUT2D eigenvalue weighted by Gasteiger charge is -2.38. The Kier molecular flexibility index (Phi) is 8.24. The molecule has 0 radical (unpaired) electrons. The van der Waals surface area contributed by atoms with E-state index in [2.05, 4.69) is 11.9 Å². The molecule has 9 nitrogen and oxygen atoms in total. The average Bonchev–Trinajstić information content (AvgIpc) is 2.82. The number of hydrogen-bond acceptors (Lipinski definition) is 8. The first-order valence-corrected chi connectivity index (χ1v) is 11.5. The van der Waals surface area contributed by atoms with Crippen LogP contribution < -0.4 is 10.1 Å².